The Morgan fingerprint density at radius 3 is 2.59 bits per heavy atom. The zero-order valence-corrected chi connectivity index (χ0v) is 20.2. The largest absolute Gasteiger partial charge is 0.388 e. The van der Waals surface area contributed by atoms with Crippen molar-refractivity contribution in [2.75, 3.05) is 12.4 Å². The van der Waals surface area contributed by atoms with Crippen LogP contribution in [0.3, 0.4) is 0 Å². The Morgan fingerprint density at radius 1 is 1.19 bits per heavy atom. The molecule has 166 valence electrons. The van der Waals surface area contributed by atoms with Crippen molar-refractivity contribution < 1.29 is 4.79 Å². The van der Waals surface area contributed by atoms with Crippen LogP contribution in [0.5, 0.6) is 0 Å². The van der Waals surface area contributed by atoms with Gasteiger partial charge in [-0.15, -0.1) is 0 Å². The lowest BCUT2D eigenvalue weighted by Crippen LogP contribution is -2.23. The molecule has 0 spiro atoms. The Hall–Kier alpha value is -2.96. The van der Waals surface area contributed by atoms with Gasteiger partial charge in [0.15, 0.2) is 0 Å². The quantitative estimate of drug-likeness (QED) is 0.332. The van der Waals surface area contributed by atoms with Gasteiger partial charge in [0, 0.05) is 28.9 Å². The van der Waals surface area contributed by atoms with Crippen LogP contribution in [-0.4, -0.2) is 22.9 Å². The van der Waals surface area contributed by atoms with E-state index >= 15 is 0 Å². The van der Waals surface area contributed by atoms with Crippen molar-refractivity contribution in [2.24, 2.45) is 0 Å². The van der Waals surface area contributed by atoms with E-state index in [0.29, 0.717) is 22.2 Å². The first-order chi connectivity index (χ1) is 15.5. The van der Waals surface area contributed by atoms with Gasteiger partial charge in [0.1, 0.15) is 17.2 Å². The molecular formula is C25H27ClN4OS. The van der Waals surface area contributed by atoms with Gasteiger partial charge >= 0.3 is 0 Å². The summed E-state index contributed by atoms with van der Waals surface area (Å²) in [6.07, 6.45) is 2.79. The Bertz CT molecular complexity index is 1150. The first-order valence-corrected chi connectivity index (χ1v) is 11.7. The molecule has 0 saturated heterocycles. The summed E-state index contributed by atoms with van der Waals surface area (Å²) in [6, 6.07) is 15.2. The molecule has 0 aliphatic rings. The highest BCUT2D eigenvalue weighted by molar-refractivity contribution is 8.05. The fourth-order valence-corrected chi connectivity index (χ4v) is 3.91. The lowest BCUT2D eigenvalue weighted by Gasteiger charge is -2.11. The normalized spacial score (nSPS) is 12.0. The molecule has 0 bridgehead atoms. The number of benzene rings is 2. The van der Waals surface area contributed by atoms with E-state index < -0.39 is 0 Å². The van der Waals surface area contributed by atoms with E-state index in [9.17, 15) is 4.79 Å². The minimum atomic E-state index is -0.238. The molecule has 1 amide bonds. The molecule has 3 aromatic rings. The molecule has 0 aliphatic heterocycles. The lowest BCUT2D eigenvalue weighted by atomic mass is 10.1. The number of carbonyl (C=O) groups is 1. The predicted molar refractivity (Wildman–Crippen MR) is 137 cm³/mol. The second kappa shape index (κ2) is 11.1. The Balaban J connectivity index is 2.07. The molecule has 0 radical (unpaired) electrons. The van der Waals surface area contributed by atoms with E-state index in [0.717, 1.165) is 33.8 Å². The third-order valence-electron chi connectivity index (χ3n) is 4.94. The molecule has 32 heavy (non-hydrogen) atoms. The number of H-pyrrole nitrogens is 1. The van der Waals surface area contributed by atoms with Crippen molar-refractivity contribution in [1.82, 2.24) is 15.3 Å². The summed E-state index contributed by atoms with van der Waals surface area (Å²) >= 11 is 7.57. The number of hydrogen-bond acceptors (Lipinski definition) is 4. The highest BCUT2D eigenvalue weighted by atomic mass is 35.5. The molecule has 0 atom stereocenters. The van der Waals surface area contributed by atoms with E-state index in [-0.39, 0.29) is 5.91 Å². The van der Waals surface area contributed by atoms with Crippen LogP contribution in [0.2, 0.25) is 5.02 Å². The van der Waals surface area contributed by atoms with Gasteiger partial charge in [-0.25, -0.2) is 4.98 Å². The summed E-state index contributed by atoms with van der Waals surface area (Å²) in [6.45, 7) is 6.04. The van der Waals surface area contributed by atoms with Gasteiger partial charge in [-0.3, -0.25) is 4.79 Å². The predicted octanol–water partition coefficient (Wildman–Crippen LogP) is 7.08. The topological polar surface area (TPSA) is 69.8 Å². The SMILES string of the molecule is C/C=C\SC(NC(=O)c1[nH]c(-c2cccc(NC)c2)nc1-c1ccc(Cl)cc1)=C(C)CC. The lowest BCUT2D eigenvalue weighted by molar-refractivity contribution is 0.0965. The van der Waals surface area contributed by atoms with Gasteiger partial charge in [0.25, 0.3) is 5.91 Å². The van der Waals surface area contributed by atoms with Crippen LogP contribution in [0.4, 0.5) is 5.69 Å². The number of aromatic amines is 1. The number of rotatable bonds is 8. The van der Waals surface area contributed by atoms with Crippen LogP contribution in [-0.2, 0) is 0 Å². The van der Waals surface area contributed by atoms with Crippen molar-refractivity contribution in [3.8, 4) is 22.6 Å². The highest BCUT2D eigenvalue weighted by Gasteiger charge is 2.21. The fraction of sp³-hybridized carbons (Fsp3) is 0.200. The van der Waals surface area contributed by atoms with Gasteiger partial charge in [0.05, 0.1) is 5.03 Å². The fourth-order valence-electron chi connectivity index (χ4n) is 3.01. The highest BCUT2D eigenvalue weighted by Crippen LogP contribution is 2.29. The molecule has 3 N–H and O–H groups in total. The standard InChI is InChI=1S/C25H27ClN4OS/c1-5-14-32-25(16(3)6-2)30-24(31)22-21(17-10-12-19(26)13-11-17)28-23(29-22)18-8-7-9-20(15-18)27-4/h5,7-15,27H,6H2,1-4H3,(H,28,29)(H,30,31)/b14-5-,25-16?. The molecule has 0 fully saturated rings. The van der Waals surface area contributed by atoms with Crippen LogP contribution in [0.1, 0.15) is 37.7 Å². The number of amides is 1. The Morgan fingerprint density at radius 2 is 1.94 bits per heavy atom. The third kappa shape index (κ3) is 5.64. The molecule has 7 heteroatoms. The number of thioether (sulfide) groups is 1. The van der Waals surface area contributed by atoms with Crippen LogP contribution >= 0.6 is 23.4 Å². The number of anilines is 1. The van der Waals surface area contributed by atoms with Crippen LogP contribution < -0.4 is 10.6 Å². The van der Waals surface area contributed by atoms with E-state index in [2.05, 4.69) is 22.5 Å². The first-order valence-electron chi connectivity index (χ1n) is 10.4. The summed E-state index contributed by atoms with van der Waals surface area (Å²) in [7, 11) is 1.87. The zero-order valence-electron chi connectivity index (χ0n) is 18.6. The average Bonchev–Trinajstić information content (AvgIpc) is 3.27. The van der Waals surface area contributed by atoms with Gasteiger partial charge in [-0.05, 0) is 55.5 Å². The number of imidazole rings is 1. The molecule has 3 rings (SSSR count). The van der Waals surface area contributed by atoms with Crippen LogP contribution in [0.25, 0.3) is 22.6 Å². The monoisotopic (exact) mass is 466 g/mol. The minimum absolute atomic E-state index is 0.238. The first kappa shape index (κ1) is 23.7. The van der Waals surface area contributed by atoms with Crippen molar-refractivity contribution in [3.63, 3.8) is 0 Å². The molecule has 1 aromatic heterocycles. The summed E-state index contributed by atoms with van der Waals surface area (Å²) in [4.78, 5) is 21.4. The van der Waals surface area contributed by atoms with Gasteiger partial charge in [-0.1, -0.05) is 60.6 Å². The van der Waals surface area contributed by atoms with Gasteiger partial charge < -0.3 is 15.6 Å². The second-order valence-electron chi connectivity index (χ2n) is 7.15. The minimum Gasteiger partial charge on any atom is -0.388 e. The van der Waals surface area contributed by atoms with Crippen molar-refractivity contribution in [1.29, 1.82) is 0 Å². The van der Waals surface area contributed by atoms with Gasteiger partial charge in [0.2, 0.25) is 0 Å². The molecular weight excluding hydrogens is 440 g/mol. The summed E-state index contributed by atoms with van der Waals surface area (Å²) in [5.74, 6) is 0.384. The number of allylic oxidation sites excluding steroid dienone is 2. The van der Waals surface area contributed by atoms with Crippen molar-refractivity contribution in [3.05, 3.63) is 81.3 Å². The maximum atomic E-state index is 13.4. The number of halogens is 1. The number of carbonyl (C=O) groups excluding carboxylic acids is 1. The van der Waals surface area contributed by atoms with E-state index in [1.54, 1.807) is 12.1 Å². The summed E-state index contributed by atoms with van der Waals surface area (Å²) in [5.41, 5.74) is 4.74. The Kier molecular flexibility index (Phi) is 8.20. The molecule has 2 aromatic carbocycles. The molecule has 0 unspecified atom stereocenters. The van der Waals surface area contributed by atoms with Crippen molar-refractivity contribution >= 4 is 35.0 Å². The molecule has 0 aliphatic carbocycles. The average molecular weight is 467 g/mol. The Labute approximate surface area is 198 Å². The van der Waals surface area contributed by atoms with Gasteiger partial charge in [-0.2, -0.15) is 0 Å². The van der Waals surface area contributed by atoms with E-state index in [4.69, 9.17) is 16.6 Å². The maximum Gasteiger partial charge on any atom is 0.274 e. The van der Waals surface area contributed by atoms with Crippen molar-refractivity contribution in [2.45, 2.75) is 27.2 Å². The third-order valence-corrected chi connectivity index (χ3v) is 6.29. The second-order valence-corrected chi connectivity index (χ2v) is 8.50. The zero-order chi connectivity index (χ0) is 23.1. The number of hydrogen-bond donors (Lipinski definition) is 3. The van der Waals surface area contributed by atoms with E-state index in [1.807, 2.05) is 68.8 Å². The number of nitrogens with zero attached hydrogens (tertiary/aromatic N) is 1. The van der Waals surface area contributed by atoms with Crippen LogP contribution in [0.15, 0.2) is 70.6 Å². The smallest absolute Gasteiger partial charge is 0.274 e. The maximum absolute atomic E-state index is 13.4. The molecule has 5 nitrogen and oxygen atoms in total. The summed E-state index contributed by atoms with van der Waals surface area (Å²) < 4.78 is 0. The number of aromatic nitrogens is 2. The van der Waals surface area contributed by atoms with E-state index in [1.165, 1.54) is 11.8 Å². The summed E-state index contributed by atoms with van der Waals surface area (Å²) in [5, 5.41) is 9.61. The molecule has 0 saturated carbocycles. The molecule has 1 heterocycles. The van der Waals surface area contributed by atoms with Crippen LogP contribution in [0, 0.1) is 0 Å². The number of nitrogens with one attached hydrogen (secondary N) is 3.